The molecule has 1 fully saturated rings. The first-order valence-electron chi connectivity index (χ1n) is 3.43. The van der Waals surface area contributed by atoms with Crippen molar-refractivity contribution in [1.82, 2.24) is 0 Å². The van der Waals surface area contributed by atoms with Gasteiger partial charge in [-0.05, 0) is 0 Å². The summed E-state index contributed by atoms with van der Waals surface area (Å²) in [6, 6.07) is 0. The number of esters is 1. The van der Waals surface area contributed by atoms with Crippen LogP contribution in [-0.4, -0.2) is 57.4 Å². The van der Waals surface area contributed by atoms with Gasteiger partial charge in [0.15, 0.2) is 12.2 Å². The molecule has 0 aliphatic carbocycles. The predicted octanol–water partition coefficient (Wildman–Crippen LogP) is -3.01. The van der Waals surface area contributed by atoms with E-state index in [-0.39, 0.29) is 0 Å². The number of cyclic esters (lactones) is 1. The molecule has 1 saturated heterocycles. The van der Waals surface area contributed by atoms with Gasteiger partial charge in [0.2, 0.25) is 0 Å². The highest BCUT2D eigenvalue weighted by molar-refractivity contribution is 5.76. The summed E-state index contributed by atoms with van der Waals surface area (Å²) in [5.74, 6) is -1.04. The zero-order chi connectivity index (χ0) is 9.30. The average molecular weight is 178 g/mol. The van der Waals surface area contributed by atoms with Crippen molar-refractivity contribution in [3.8, 4) is 0 Å². The van der Waals surface area contributed by atoms with Gasteiger partial charge in [0.05, 0.1) is 6.61 Å². The van der Waals surface area contributed by atoms with Crippen molar-refractivity contribution >= 4 is 5.97 Å². The van der Waals surface area contributed by atoms with Gasteiger partial charge in [0, 0.05) is 0 Å². The maximum Gasteiger partial charge on any atom is 0.338 e. The van der Waals surface area contributed by atoms with Crippen LogP contribution in [0.1, 0.15) is 0 Å². The molecule has 0 aromatic heterocycles. The largest absolute Gasteiger partial charge is 0.455 e. The minimum absolute atomic E-state index is 0.587. The molecule has 0 bridgehead atoms. The van der Waals surface area contributed by atoms with E-state index in [0.29, 0.717) is 0 Å². The van der Waals surface area contributed by atoms with Gasteiger partial charge in [-0.2, -0.15) is 0 Å². The smallest absolute Gasteiger partial charge is 0.338 e. The summed E-state index contributed by atoms with van der Waals surface area (Å²) in [6.45, 7) is -0.587. The highest BCUT2D eigenvalue weighted by Crippen LogP contribution is 2.15. The van der Waals surface area contributed by atoms with Crippen molar-refractivity contribution in [2.45, 2.75) is 24.4 Å². The Kier molecular flexibility index (Phi) is 2.63. The Morgan fingerprint density at radius 2 is 1.83 bits per heavy atom. The molecule has 1 rings (SSSR count). The fraction of sp³-hybridized carbons (Fsp3) is 0.833. The first-order chi connectivity index (χ1) is 5.57. The summed E-state index contributed by atoms with van der Waals surface area (Å²) < 4.78 is 4.38. The molecule has 0 amide bonds. The number of hydrogen-bond acceptors (Lipinski definition) is 6. The van der Waals surface area contributed by atoms with Crippen molar-refractivity contribution in [2.24, 2.45) is 0 Å². The SMILES string of the molecule is O=C1OC(CO)[C@H](O)C(O)C1O. The van der Waals surface area contributed by atoms with Gasteiger partial charge in [-0.25, -0.2) is 4.79 Å². The fourth-order valence-electron chi connectivity index (χ4n) is 0.980. The van der Waals surface area contributed by atoms with Gasteiger partial charge in [-0.15, -0.1) is 0 Å². The number of carbonyl (C=O) groups is 1. The Morgan fingerprint density at radius 1 is 1.25 bits per heavy atom. The lowest BCUT2D eigenvalue weighted by molar-refractivity contribution is -0.206. The average Bonchev–Trinajstić information content (AvgIpc) is 2.08. The molecular formula is C6H10O6. The van der Waals surface area contributed by atoms with Gasteiger partial charge >= 0.3 is 5.97 Å². The van der Waals surface area contributed by atoms with Crippen molar-refractivity contribution in [1.29, 1.82) is 0 Å². The molecule has 4 N–H and O–H groups in total. The molecule has 1 aliphatic heterocycles. The van der Waals surface area contributed by atoms with Gasteiger partial charge < -0.3 is 25.2 Å². The Bertz CT molecular complexity index is 179. The van der Waals surface area contributed by atoms with Crippen LogP contribution in [0.25, 0.3) is 0 Å². The molecule has 0 saturated carbocycles. The maximum absolute atomic E-state index is 10.7. The van der Waals surface area contributed by atoms with Crippen LogP contribution in [0.4, 0.5) is 0 Å². The molecule has 1 aliphatic rings. The van der Waals surface area contributed by atoms with Gasteiger partial charge in [-0.3, -0.25) is 0 Å². The third-order valence-electron chi connectivity index (χ3n) is 1.74. The van der Waals surface area contributed by atoms with Gasteiger partial charge in [0.1, 0.15) is 12.2 Å². The molecule has 12 heavy (non-hydrogen) atoms. The summed E-state index contributed by atoms with van der Waals surface area (Å²) in [6.07, 6.45) is -5.93. The second-order valence-corrected chi connectivity index (χ2v) is 2.58. The van der Waals surface area contributed by atoms with Crippen LogP contribution in [0, 0.1) is 0 Å². The van der Waals surface area contributed by atoms with E-state index in [2.05, 4.69) is 4.74 Å². The van der Waals surface area contributed by atoms with Crippen molar-refractivity contribution < 1.29 is 30.0 Å². The molecule has 0 aromatic rings. The minimum Gasteiger partial charge on any atom is -0.455 e. The lowest BCUT2D eigenvalue weighted by atomic mass is 10.0. The predicted molar refractivity (Wildman–Crippen MR) is 35.0 cm³/mol. The zero-order valence-electron chi connectivity index (χ0n) is 6.12. The van der Waals surface area contributed by atoms with E-state index in [1.54, 1.807) is 0 Å². The molecule has 1 heterocycles. The maximum atomic E-state index is 10.7. The van der Waals surface area contributed by atoms with E-state index >= 15 is 0 Å². The molecule has 6 heteroatoms. The molecule has 3 unspecified atom stereocenters. The molecule has 4 atom stereocenters. The van der Waals surface area contributed by atoms with Crippen molar-refractivity contribution in [2.75, 3.05) is 6.61 Å². The Balaban J connectivity index is 2.70. The van der Waals surface area contributed by atoms with Gasteiger partial charge in [-0.1, -0.05) is 0 Å². The Morgan fingerprint density at radius 3 is 2.33 bits per heavy atom. The first-order valence-corrected chi connectivity index (χ1v) is 3.43. The topological polar surface area (TPSA) is 107 Å². The number of carbonyl (C=O) groups excluding carboxylic acids is 1. The number of rotatable bonds is 1. The van der Waals surface area contributed by atoms with Gasteiger partial charge in [0.25, 0.3) is 0 Å². The van der Waals surface area contributed by atoms with E-state index in [4.69, 9.17) is 20.4 Å². The second-order valence-electron chi connectivity index (χ2n) is 2.58. The van der Waals surface area contributed by atoms with Crippen LogP contribution in [0.5, 0.6) is 0 Å². The number of aliphatic hydroxyl groups excluding tert-OH is 4. The summed E-state index contributed by atoms with van der Waals surface area (Å²) in [4.78, 5) is 10.7. The molecule has 0 spiro atoms. The summed E-state index contributed by atoms with van der Waals surface area (Å²) in [5.41, 5.74) is 0. The monoisotopic (exact) mass is 178 g/mol. The lowest BCUT2D eigenvalue weighted by Crippen LogP contribution is -2.56. The summed E-state index contributed by atoms with van der Waals surface area (Å²) >= 11 is 0. The fourth-order valence-corrected chi connectivity index (χ4v) is 0.980. The quantitative estimate of drug-likeness (QED) is 0.318. The third-order valence-corrected chi connectivity index (χ3v) is 1.74. The highest BCUT2D eigenvalue weighted by Gasteiger charge is 2.43. The Hall–Kier alpha value is -0.690. The molecule has 6 nitrogen and oxygen atoms in total. The standard InChI is InChI=1S/C6H10O6/c7-1-2-3(8)4(9)5(10)6(11)12-2/h2-5,7-10H,1H2/t2?,3-,4?,5?/m0/s1. The number of ether oxygens (including phenoxy) is 1. The molecule has 70 valence electrons. The number of hydrogen-bond donors (Lipinski definition) is 4. The zero-order valence-corrected chi connectivity index (χ0v) is 6.12. The van der Waals surface area contributed by atoms with Crippen molar-refractivity contribution in [3.63, 3.8) is 0 Å². The molecule has 0 radical (unpaired) electrons. The summed E-state index contributed by atoms with van der Waals surface area (Å²) in [7, 11) is 0. The first kappa shape index (κ1) is 9.40. The van der Waals surface area contributed by atoms with Crippen LogP contribution in [0.3, 0.4) is 0 Å². The highest BCUT2D eigenvalue weighted by atomic mass is 16.6. The van der Waals surface area contributed by atoms with E-state index in [9.17, 15) is 4.79 Å². The van der Waals surface area contributed by atoms with Crippen LogP contribution in [0.2, 0.25) is 0 Å². The van der Waals surface area contributed by atoms with Crippen LogP contribution in [0.15, 0.2) is 0 Å². The van der Waals surface area contributed by atoms with E-state index in [0.717, 1.165) is 0 Å². The molecule has 0 aromatic carbocycles. The van der Waals surface area contributed by atoms with E-state index in [1.165, 1.54) is 0 Å². The van der Waals surface area contributed by atoms with E-state index in [1.807, 2.05) is 0 Å². The Labute approximate surface area is 68.0 Å². The lowest BCUT2D eigenvalue weighted by Gasteiger charge is -2.32. The van der Waals surface area contributed by atoms with Crippen LogP contribution >= 0.6 is 0 Å². The second kappa shape index (κ2) is 3.36. The van der Waals surface area contributed by atoms with Crippen LogP contribution < -0.4 is 0 Å². The minimum atomic E-state index is -1.73. The molecular weight excluding hydrogens is 168 g/mol. The normalized spacial score (nSPS) is 42.5. The van der Waals surface area contributed by atoms with E-state index < -0.39 is 37.0 Å². The summed E-state index contributed by atoms with van der Waals surface area (Å²) in [5, 5.41) is 35.5. The van der Waals surface area contributed by atoms with Crippen LogP contribution in [-0.2, 0) is 9.53 Å². The third kappa shape index (κ3) is 1.42. The number of aliphatic hydroxyl groups is 4. The van der Waals surface area contributed by atoms with Crippen molar-refractivity contribution in [3.05, 3.63) is 0 Å².